The van der Waals surface area contributed by atoms with Gasteiger partial charge < -0.3 is 10.3 Å². The van der Waals surface area contributed by atoms with Gasteiger partial charge in [-0.05, 0) is 18.1 Å². The van der Waals surface area contributed by atoms with Crippen molar-refractivity contribution in [2.75, 3.05) is 5.73 Å². The number of hydrogen-bond acceptors (Lipinski definition) is 2. The van der Waals surface area contributed by atoms with Crippen molar-refractivity contribution in [2.24, 2.45) is 0 Å². The number of aromatic nitrogens is 2. The van der Waals surface area contributed by atoms with Crippen LogP contribution in [0.25, 0.3) is 0 Å². The lowest BCUT2D eigenvalue weighted by atomic mass is 10.1. The van der Waals surface area contributed by atoms with Crippen molar-refractivity contribution in [3.05, 3.63) is 48.0 Å². The van der Waals surface area contributed by atoms with Crippen LogP contribution in [0.4, 0.5) is 10.3 Å². The van der Waals surface area contributed by atoms with E-state index in [1.54, 1.807) is 29.1 Å². The van der Waals surface area contributed by atoms with E-state index in [2.05, 4.69) is 4.98 Å². The maximum absolute atomic E-state index is 13.3. The normalized spacial score (nSPS) is 10.5. The van der Waals surface area contributed by atoms with E-state index in [0.29, 0.717) is 24.5 Å². The number of nitrogens with zero attached hydrogens (tertiary/aromatic N) is 2. The second-order valence-electron chi connectivity index (χ2n) is 3.32. The number of nitrogen functional groups attached to an aromatic ring is 1. The van der Waals surface area contributed by atoms with Crippen LogP contribution in [0.5, 0.6) is 0 Å². The molecule has 0 aliphatic rings. The molecule has 2 aromatic rings. The molecule has 1 heterocycles. The minimum Gasteiger partial charge on any atom is -0.369 e. The van der Waals surface area contributed by atoms with Gasteiger partial charge in [-0.15, -0.1) is 0 Å². The minimum atomic E-state index is -0.170. The standard InChI is InChI=1S/C11H12FN3/c12-10-4-2-1-3-9(10)5-7-15-8-6-14-11(15)13/h1-4,6,8H,5,7H2,(H2,13,14). The third-order valence-corrected chi connectivity index (χ3v) is 2.33. The zero-order chi connectivity index (χ0) is 10.7. The third-order valence-electron chi connectivity index (χ3n) is 2.33. The Morgan fingerprint density at radius 3 is 2.80 bits per heavy atom. The smallest absolute Gasteiger partial charge is 0.200 e. The van der Waals surface area contributed by atoms with E-state index in [9.17, 15) is 4.39 Å². The molecule has 1 aromatic heterocycles. The van der Waals surface area contributed by atoms with Gasteiger partial charge in [-0.2, -0.15) is 0 Å². The minimum absolute atomic E-state index is 0.170. The summed E-state index contributed by atoms with van der Waals surface area (Å²) in [5, 5.41) is 0. The lowest BCUT2D eigenvalue weighted by Crippen LogP contribution is -2.05. The van der Waals surface area contributed by atoms with Gasteiger partial charge in [-0.3, -0.25) is 0 Å². The van der Waals surface area contributed by atoms with Crippen LogP contribution < -0.4 is 5.73 Å². The van der Waals surface area contributed by atoms with Gasteiger partial charge in [0.05, 0.1) is 0 Å². The first-order chi connectivity index (χ1) is 7.27. The SMILES string of the molecule is Nc1nccn1CCc1ccccc1F. The number of imidazole rings is 1. The Morgan fingerprint density at radius 1 is 1.33 bits per heavy atom. The highest BCUT2D eigenvalue weighted by Gasteiger charge is 2.02. The highest BCUT2D eigenvalue weighted by molar-refractivity contribution is 5.19. The second-order valence-corrected chi connectivity index (χ2v) is 3.32. The van der Waals surface area contributed by atoms with E-state index < -0.39 is 0 Å². The van der Waals surface area contributed by atoms with E-state index in [0.717, 1.165) is 0 Å². The molecule has 0 atom stereocenters. The molecule has 0 saturated heterocycles. The number of aryl methyl sites for hydroxylation is 2. The number of anilines is 1. The molecule has 0 aliphatic heterocycles. The maximum atomic E-state index is 13.3. The zero-order valence-corrected chi connectivity index (χ0v) is 8.23. The lowest BCUT2D eigenvalue weighted by molar-refractivity contribution is 0.595. The number of hydrogen-bond donors (Lipinski definition) is 1. The summed E-state index contributed by atoms with van der Waals surface area (Å²) in [5.74, 6) is 0.294. The van der Waals surface area contributed by atoms with Crippen molar-refractivity contribution in [1.82, 2.24) is 9.55 Å². The highest BCUT2D eigenvalue weighted by atomic mass is 19.1. The van der Waals surface area contributed by atoms with Gasteiger partial charge in [0.2, 0.25) is 0 Å². The molecule has 15 heavy (non-hydrogen) atoms. The van der Waals surface area contributed by atoms with Crippen LogP contribution in [-0.4, -0.2) is 9.55 Å². The monoisotopic (exact) mass is 205 g/mol. The maximum Gasteiger partial charge on any atom is 0.200 e. The van der Waals surface area contributed by atoms with Crippen LogP contribution in [0, 0.1) is 5.82 Å². The summed E-state index contributed by atoms with van der Waals surface area (Å²) in [5.41, 5.74) is 6.30. The average Bonchev–Trinajstić information content (AvgIpc) is 2.63. The molecular weight excluding hydrogens is 193 g/mol. The highest BCUT2D eigenvalue weighted by Crippen LogP contribution is 2.09. The number of rotatable bonds is 3. The molecular formula is C11H12FN3. The van der Waals surface area contributed by atoms with E-state index in [-0.39, 0.29) is 5.82 Å². The molecule has 0 bridgehead atoms. The first-order valence-corrected chi connectivity index (χ1v) is 4.77. The molecule has 0 fully saturated rings. The van der Waals surface area contributed by atoms with E-state index in [1.165, 1.54) is 6.07 Å². The van der Waals surface area contributed by atoms with Gasteiger partial charge in [0.25, 0.3) is 0 Å². The lowest BCUT2D eigenvalue weighted by Gasteiger charge is -2.05. The first kappa shape index (κ1) is 9.71. The van der Waals surface area contributed by atoms with Crippen LogP contribution in [-0.2, 0) is 13.0 Å². The van der Waals surface area contributed by atoms with Crippen LogP contribution in [0.2, 0.25) is 0 Å². The Balaban J connectivity index is 2.06. The van der Waals surface area contributed by atoms with Gasteiger partial charge in [0.15, 0.2) is 5.95 Å². The van der Waals surface area contributed by atoms with Gasteiger partial charge in [-0.25, -0.2) is 9.37 Å². The molecule has 2 N–H and O–H groups in total. The summed E-state index contributed by atoms with van der Waals surface area (Å²) in [6, 6.07) is 6.76. The van der Waals surface area contributed by atoms with Crippen LogP contribution in [0.3, 0.4) is 0 Å². The van der Waals surface area contributed by atoms with Crippen molar-refractivity contribution in [2.45, 2.75) is 13.0 Å². The molecule has 0 amide bonds. The quantitative estimate of drug-likeness (QED) is 0.831. The van der Waals surface area contributed by atoms with E-state index in [4.69, 9.17) is 5.73 Å². The first-order valence-electron chi connectivity index (χ1n) is 4.77. The van der Waals surface area contributed by atoms with Crippen LogP contribution in [0.15, 0.2) is 36.7 Å². The van der Waals surface area contributed by atoms with Crippen molar-refractivity contribution in [1.29, 1.82) is 0 Å². The third kappa shape index (κ3) is 2.15. The van der Waals surface area contributed by atoms with Crippen LogP contribution >= 0.6 is 0 Å². The Kier molecular flexibility index (Phi) is 2.67. The molecule has 2 rings (SSSR count). The summed E-state index contributed by atoms with van der Waals surface area (Å²) in [6.45, 7) is 0.646. The molecule has 78 valence electrons. The van der Waals surface area contributed by atoms with E-state index >= 15 is 0 Å². The Hall–Kier alpha value is -1.84. The molecule has 0 aliphatic carbocycles. The van der Waals surface area contributed by atoms with Crippen molar-refractivity contribution in [3.8, 4) is 0 Å². The van der Waals surface area contributed by atoms with E-state index in [1.807, 2.05) is 6.07 Å². The average molecular weight is 205 g/mol. The fraction of sp³-hybridized carbons (Fsp3) is 0.182. The van der Waals surface area contributed by atoms with Crippen molar-refractivity contribution < 1.29 is 4.39 Å². The number of benzene rings is 1. The fourth-order valence-corrected chi connectivity index (χ4v) is 1.47. The number of nitrogens with two attached hydrogens (primary N) is 1. The van der Waals surface area contributed by atoms with Gasteiger partial charge >= 0.3 is 0 Å². The van der Waals surface area contributed by atoms with Crippen LogP contribution in [0.1, 0.15) is 5.56 Å². The molecule has 3 nitrogen and oxygen atoms in total. The Bertz CT molecular complexity index is 451. The molecule has 0 spiro atoms. The molecule has 0 radical (unpaired) electrons. The predicted octanol–water partition coefficient (Wildman–Crippen LogP) is 1.85. The van der Waals surface area contributed by atoms with Gasteiger partial charge in [0, 0.05) is 18.9 Å². The van der Waals surface area contributed by atoms with Gasteiger partial charge in [0.1, 0.15) is 5.82 Å². The van der Waals surface area contributed by atoms with Crippen molar-refractivity contribution in [3.63, 3.8) is 0 Å². The molecule has 0 saturated carbocycles. The summed E-state index contributed by atoms with van der Waals surface area (Å²) in [6.07, 6.45) is 4.04. The molecule has 4 heteroatoms. The van der Waals surface area contributed by atoms with Gasteiger partial charge in [-0.1, -0.05) is 18.2 Å². The summed E-state index contributed by atoms with van der Waals surface area (Å²) in [4.78, 5) is 3.90. The topological polar surface area (TPSA) is 43.8 Å². The Labute approximate surface area is 87.4 Å². The molecule has 1 aromatic carbocycles. The fourth-order valence-electron chi connectivity index (χ4n) is 1.47. The van der Waals surface area contributed by atoms with Crippen molar-refractivity contribution >= 4 is 5.95 Å². The number of halogens is 1. The summed E-state index contributed by atoms with van der Waals surface area (Å²) >= 11 is 0. The zero-order valence-electron chi connectivity index (χ0n) is 8.23. The largest absolute Gasteiger partial charge is 0.369 e. The second kappa shape index (κ2) is 4.13. The predicted molar refractivity (Wildman–Crippen MR) is 56.7 cm³/mol. The summed E-state index contributed by atoms with van der Waals surface area (Å²) < 4.78 is 15.1. The molecule has 0 unspecified atom stereocenters. The summed E-state index contributed by atoms with van der Waals surface area (Å²) in [7, 11) is 0. The Morgan fingerprint density at radius 2 is 2.13 bits per heavy atom.